The second-order valence-electron chi connectivity index (χ2n) is 4.48. The number of rotatable bonds is 1. The van der Waals surface area contributed by atoms with Crippen LogP contribution in [0.1, 0.15) is 37.3 Å². The quantitative estimate of drug-likeness (QED) is 0.770. The SMILES string of the molecule is CCC1CCCc2ccccc2CNC1=O. The number of amides is 1. The Morgan fingerprint density at radius 2 is 2.06 bits per heavy atom. The van der Waals surface area contributed by atoms with Gasteiger partial charge in [0.1, 0.15) is 0 Å². The molecule has 0 saturated carbocycles. The third-order valence-electron chi connectivity index (χ3n) is 3.43. The number of hydrogen-bond acceptors (Lipinski definition) is 1. The summed E-state index contributed by atoms with van der Waals surface area (Å²) in [5, 5.41) is 3.04. The van der Waals surface area contributed by atoms with E-state index < -0.39 is 0 Å². The Bertz CT molecular complexity index is 373. The van der Waals surface area contributed by atoms with E-state index in [1.807, 2.05) is 6.07 Å². The second kappa shape index (κ2) is 5.15. The van der Waals surface area contributed by atoms with Gasteiger partial charge in [0.15, 0.2) is 0 Å². The molecule has 0 radical (unpaired) electrons. The fourth-order valence-electron chi connectivity index (χ4n) is 2.36. The van der Waals surface area contributed by atoms with Crippen LogP contribution in [0.25, 0.3) is 0 Å². The lowest BCUT2D eigenvalue weighted by molar-refractivity contribution is -0.125. The highest BCUT2D eigenvalue weighted by Gasteiger charge is 2.18. The molecule has 16 heavy (non-hydrogen) atoms. The van der Waals surface area contributed by atoms with Crippen LogP contribution in [0.4, 0.5) is 0 Å². The van der Waals surface area contributed by atoms with Crippen LogP contribution in [0, 0.1) is 5.92 Å². The lowest BCUT2D eigenvalue weighted by Gasteiger charge is -2.12. The molecule has 1 N–H and O–H groups in total. The van der Waals surface area contributed by atoms with Crippen LogP contribution in [-0.2, 0) is 17.8 Å². The van der Waals surface area contributed by atoms with Gasteiger partial charge < -0.3 is 5.32 Å². The lowest BCUT2D eigenvalue weighted by atomic mass is 9.96. The Morgan fingerprint density at radius 1 is 1.31 bits per heavy atom. The number of aryl methyl sites for hydroxylation is 1. The topological polar surface area (TPSA) is 29.1 Å². The van der Waals surface area contributed by atoms with Crippen molar-refractivity contribution in [3.63, 3.8) is 0 Å². The normalized spacial score (nSPS) is 21.3. The van der Waals surface area contributed by atoms with E-state index in [0.29, 0.717) is 6.54 Å². The molecule has 1 amide bonds. The molecule has 1 atom stereocenters. The smallest absolute Gasteiger partial charge is 0.223 e. The molecule has 1 aromatic rings. The van der Waals surface area contributed by atoms with E-state index in [9.17, 15) is 4.79 Å². The van der Waals surface area contributed by atoms with Crippen LogP contribution >= 0.6 is 0 Å². The molecule has 2 heteroatoms. The standard InChI is InChI=1S/C14H19NO/c1-2-11-8-5-9-12-6-3-4-7-13(12)10-15-14(11)16/h3-4,6-7,11H,2,5,8-10H2,1H3,(H,15,16). The van der Waals surface area contributed by atoms with Crippen LogP contribution in [0.15, 0.2) is 24.3 Å². The van der Waals surface area contributed by atoms with Gasteiger partial charge in [0.05, 0.1) is 0 Å². The Labute approximate surface area is 97.1 Å². The van der Waals surface area contributed by atoms with Gasteiger partial charge in [-0.05, 0) is 36.8 Å². The van der Waals surface area contributed by atoms with E-state index in [1.165, 1.54) is 11.1 Å². The summed E-state index contributed by atoms with van der Waals surface area (Å²) in [6.45, 7) is 2.78. The van der Waals surface area contributed by atoms with Crippen LogP contribution in [0.3, 0.4) is 0 Å². The maximum absolute atomic E-state index is 11.8. The van der Waals surface area contributed by atoms with E-state index in [2.05, 4.69) is 30.4 Å². The van der Waals surface area contributed by atoms with E-state index in [4.69, 9.17) is 0 Å². The van der Waals surface area contributed by atoms with Crippen molar-refractivity contribution < 1.29 is 4.79 Å². The van der Waals surface area contributed by atoms with Crippen molar-refractivity contribution in [1.82, 2.24) is 5.32 Å². The molecule has 0 spiro atoms. The highest BCUT2D eigenvalue weighted by Crippen LogP contribution is 2.19. The molecule has 1 aromatic carbocycles. The minimum Gasteiger partial charge on any atom is -0.352 e. The fourth-order valence-corrected chi connectivity index (χ4v) is 2.36. The number of carbonyl (C=O) groups is 1. The predicted molar refractivity (Wildman–Crippen MR) is 65.0 cm³/mol. The molecular formula is C14H19NO. The molecule has 0 saturated heterocycles. The highest BCUT2D eigenvalue weighted by molar-refractivity contribution is 5.78. The van der Waals surface area contributed by atoms with Gasteiger partial charge in [-0.1, -0.05) is 31.2 Å². The predicted octanol–water partition coefficient (Wildman–Crippen LogP) is 2.67. The molecule has 2 rings (SSSR count). The maximum Gasteiger partial charge on any atom is 0.223 e. The summed E-state index contributed by atoms with van der Waals surface area (Å²) < 4.78 is 0. The Kier molecular flexibility index (Phi) is 3.60. The van der Waals surface area contributed by atoms with Crippen LogP contribution in [0.2, 0.25) is 0 Å². The largest absolute Gasteiger partial charge is 0.352 e. The Balaban J connectivity index is 2.16. The number of nitrogens with one attached hydrogen (secondary N) is 1. The molecule has 1 aliphatic heterocycles. The first-order valence-electron chi connectivity index (χ1n) is 6.15. The van der Waals surface area contributed by atoms with Gasteiger partial charge in [-0.15, -0.1) is 0 Å². The number of hydrogen-bond donors (Lipinski definition) is 1. The van der Waals surface area contributed by atoms with Crippen molar-refractivity contribution >= 4 is 5.91 Å². The number of benzene rings is 1. The van der Waals surface area contributed by atoms with Gasteiger partial charge in [-0.3, -0.25) is 4.79 Å². The van der Waals surface area contributed by atoms with Crippen molar-refractivity contribution in [3.05, 3.63) is 35.4 Å². The van der Waals surface area contributed by atoms with Gasteiger partial charge in [-0.2, -0.15) is 0 Å². The summed E-state index contributed by atoms with van der Waals surface area (Å²) in [4.78, 5) is 11.8. The highest BCUT2D eigenvalue weighted by atomic mass is 16.1. The van der Waals surface area contributed by atoms with Crippen molar-refractivity contribution in [2.75, 3.05) is 0 Å². The summed E-state index contributed by atoms with van der Waals surface area (Å²) in [6.07, 6.45) is 4.17. The van der Waals surface area contributed by atoms with Gasteiger partial charge in [0, 0.05) is 12.5 Å². The molecular weight excluding hydrogens is 198 g/mol. The molecule has 1 heterocycles. The fraction of sp³-hybridized carbons (Fsp3) is 0.500. The third-order valence-corrected chi connectivity index (χ3v) is 3.43. The molecule has 1 aliphatic rings. The van der Waals surface area contributed by atoms with E-state index in [1.54, 1.807) is 0 Å². The van der Waals surface area contributed by atoms with Gasteiger partial charge >= 0.3 is 0 Å². The monoisotopic (exact) mass is 217 g/mol. The van der Waals surface area contributed by atoms with E-state index in [0.717, 1.165) is 25.7 Å². The number of fused-ring (bicyclic) bond motifs is 1. The van der Waals surface area contributed by atoms with Gasteiger partial charge in [0.2, 0.25) is 5.91 Å². The molecule has 0 aliphatic carbocycles. The maximum atomic E-state index is 11.8. The molecule has 1 unspecified atom stereocenters. The summed E-state index contributed by atoms with van der Waals surface area (Å²) in [7, 11) is 0. The summed E-state index contributed by atoms with van der Waals surface area (Å²) in [5.41, 5.74) is 2.66. The molecule has 0 aromatic heterocycles. The van der Waals surface area contributed by atoms with Crippen LogP contribution < -0.4 is 5.32 Å². The summed E-state index contributed by atoms with van der Waals surface area (Å²) in [5.74, 6) is 0.425. The van der Waals surface area contributed by atoms with Gasteiger partial charge in [-0.25, -0.2) is 0 Å². The minimum atomic E-state index is 0.203. The first-order chi connectivity index (χ1) is 7.81. The van der Waals surface area contributed by atoms with Crippen molar-refractivity contribution in [1.29, 1.82) is 0 Å². The van der Waals surface area contributed by atoms with E-state index >= 15 is 0 Å². The lowest BCUT2D eigenvalue weighted by Crippen LogP contribution is -2.29. The zero-order valence-corrected chi connectivity index (χ0v) is 9.83. The molecule has 0 bridgehead atoms. The average Bonchev–Trinajstić information content (AvgIpc) is 2.39. The molecule has 86 valence electrons. The van der Waals surface area contributed by atoms with Crippen LogP contribution in [-0.4, -0.2) is 5.91 Å². The molecule has 2 nitrogen and oxygen atoms in total. The second-order valence-corrected chi connectivity index (χ2v) is 4.48. The van der Waals surface area contributed by atoms with Crippen molar-refractivity contribution in [2.24, 2.45) is 5.92 Å². The zero-order chi connectivity index (χ0) is 11.4. The Hall–Kier alpha value is -1.31. The summed E-state index contributed by atoms with van der Waals surface area (Å²) in [6, 6.07) is 8.41. The minimum absolute atomic E-state index is 0.203. The first kappa shape index (κ1) is 11.2. The third kappa shape index (κ3) is 2.43. The van der Waals surface area contributed by atoms with Crippen LogP contribution in [0.5, 0.6) is 0 Å². The van der Waals surface area contributed by atoms with E-state index in [-0.39, 0.29) is 11.8 Å². The van der Waals surface area contributed by atoms with Crippen molar-refractivity contribution in [2.45, 2.75) is 39.2 Å². The Morgan fingerprint density at radius 3 is 2.81 bits per heavy atom. The van der Waals surface area contributed by atoms with Gasteiger partial charge in [0.25, 0.3) is 0 Å². The first-order valence-corrected chi connectivity index (χ1v) is 6.15. The average molecular weight is 217 g/mol. The summed E-state index contributed by atoms with van der Waals surface area (Å²) >= 11 is 0. The van der Waals surface area contributed by atoms with Crippen molar-refractivity contribution in [3.8, 4) is 0 Å². The molecule has 0 fully saturated rings. The zero-order valence-electron chi connectivity index (χ0n) is 9.83. The number of carbonyl (C=O) groups excluding carboxylic acids is 1.